The zero-order valence-corrected chi connectivity index (χ0v) is 15.2. The van der Waals surface area contributed by atoms with Gasteiger partial charge in [0.15, 0.2) is 5.82 Å². The predicted octanol–water partition coefficient (Wildman–Crippen LogP) is 3.69. The van der Waals surface area contributed by atoms with Crippen molar-refractivity contribution in [1.82, 2.24) is 0 Å². The summed E-state index contributed by atoms with van der Waals surface area (Å²) < 4.78 is 20.7. The van der Waals surface area contributed by atoms with Crippen molar-refractivity contribution in [1.29, 1.82) is 0 Å². The molecule has 0 aliphatic carbocycles. The van der Waals surface area contributed by atoms with Gasteiger partial charge < -0.3 is 15.1 Å². The van der Waals surface area contributed by atoms with E-state index in [1.807, 2.05) is 18.2 Å². The van der Waals surface area contributed by atoms with Gasteiger partial charge in [-0.3, -0.25) is 0 Å². The average molecular weight is 324 g/mol. The Bertz CT molecular complexity index is 496. The molecule has 1 fully saturated rings. The fourth-order valence-corrected chi connectivity index (χ4v) is 3.27. The van der Waals surface area contributed by atoms with Crippen molar-refractivity contribution in [3.63, 3.8) is 0 Å². The molecule has 2 rings (SSSR count). The second kappa shape index (κ2) is 7.11. The third-order valence-electron chi connectivity index (χ3n) is 4.44. The topological polar surface area (TPSA) is 38.5 Å². The molecule has 0 spiro atoms. The van der Waals surface area contributed by atoms with E-state index >= 15 is 0 Å². The second-order valence-electron chi connectivity index (χ2n) is 7.17. The van der Waals surface area contributed by atoms with Crippen LogP contribution in [0, 0.1) is 5.82 Å². The van der Waals surface area contributed by atoms with Crippen LogP contribution in [0.2, 0.25) is 11.6 Å². The second-order valence-corrected chi connectivity index (χ2v) is 10.1. The van der Waals surface area contributed by atoms with Gasteiger partial charge in [-0.1, -0.05) is 32.9 Å². The minimum absolute atomic E-state index is 0.137. The summed E-state index contributed by atoms with van der Waals surface area (Å²) in [4.78, 5) is 2.10. The van der Waals surface area contributed by atoms with Gasteiger partial charge >= 0.3 is 0 Å². The van der Waals surface area contributed by atoms with Crippen molar-refractivity contribution in [2.45, 2.75) is 57.8 Å². The zero-order valence-electron chi connectivity index (χ0n) is 14.2. The van der Waals surface area contributed by atoms with E-state index < -0.39 is 9.04 Å². The molecule has 1 heterocycles. The monoisotopic (exact) mass is 323 g/mol. The van der Waals surface area contributed by atoms with Gasteiger partial charge in [-0.25, -0.2) is 4.39 Å². The lowest BCUT2D eigenvalue weighted by Gasteiger charge is -2.32. The van der Waals surface area contributed by atoms with Crippen LogP contribution in [0.15, 0.2) is 18.2 Å². The molecule has 123 valence electrons. The summed E-state index contributed by atoms with van der Waals surface area (Å²) in [6.45, 7) is 10.7. The van der Waals surface area contributed by atoms with E-state index in [4.69, 9.17) is 10.2 Å². The fourth-order valence-electron chi connectivity index (χ4n) is 2.46. The Labute approximate surface area is 135 Å². The Morgan fingerprint density at radius 3 is 2.55 bits per heavy atom. The van der Waals surface area contributed by atoms with Gasteiger partial charge in [0, 0.05) is 24.7 Å². The van der Waals surface area contributed by atoms with E-state index in [1.165, 1.54) is 0 Å². The van der Waals surface area contributed by atoms with E-state index in [2.05, 4.69) is 32.2 Å². The van der Waals surface area contributed by atoms with Gasteiger partial charge in [-0.15, -0.1) is 0 Å². The average Bonchev–Trinajstić information content (AvgIpc) is 2.46. The van der Waals surface area contributed by atoms with Gasteiger partial charge in [0.2, 0.25) is 9.04 Å². The minimum Gasteiger partial charge on any atom is -0.412 e. The van der Waals surface area contributed by atoms with Crippen molar-refractivity contribution in [3.8, 4) is 0 Å². The SMILES string of the molecule is C[Si](OCc1cccc(N2CCC(N)CC2)c1F)C(C)(C)C. The molecule has 0 aromatic heterocycles. The predicted molar refractivity (Wildman–Crippen MR) is 91.9 cm³/mol. The maximum absolute atomic E-state index is 14.8. The molecule has 1 aromatic carbocycles. The zero-order chi connectivity index (χ0) is 16.3. The first-order chi connectivity index (χ1) is 10.3. The fraction of sp³-hybridized carbons (Fsp3) is 0.647. The lowest BCUT2D eigenvalue weighted by atomic mass is 10.0. The molecular formula is C17H28FN2OSi. The lowest BCUT2D eigenvalue weighted by Crippen LogP contribution is -2.40. The Morgan fingerprint density at radius 1 is 1.32 bits per heavy atom. The molecule has 0 amide bonds. The first-order valence-electron chi connectivity index (χ1n) is 8.04. The largest absolute Gasteiger partial charge is 0.412 e. The van der Waals surface area contributed by atoms with Crippen molar-refractivity contribution < 1.29 is 8.82 Å². The molecule has 1 aliphatic heterocycles. The highest BCUT2D eigenvalue weighted by Gasteiger charge is 2.25. The van der Waals surface area contributed by atoms with Crippen LogP contribution < -0.4 is 10.6 Å². The van der Waals surface area contributed by atoms with Crippen molar-refractivity contribution >= 4 is 14.7 Å². The summed E-state index contributed by atoms with van der Waals surface area (Å²) in [6.07, 6.45) is 1.85. The smallest absolute Gasteiger partial charge is 0.214 e. The Hall–Kier alpha value is -0.913. The number of halogens is 1. The highest BCUT2D eigenvalue weighted by atomic mass is 28.3. The van der Waals surface area contributed by atoms with E-state index in [9.17, 15) is 4.39 Å². The van der Waals surface area contributed by atoms with Crippen LogP contribution in [0.3, 0.4) is 0 Å². The summed E-state index contributed by atoms with van der Waals surface area (Å²) in [5.41, 5.74) is 7.27. The maximum atomic E-state index is 14.8. The summed E-state index contributed by atoms with van der Waals surface area (Å²) in [7, 11) is -0.960. The van der Waals surface area contributed by atoms with Crippen LogP contribution in [0.5, 0.6) is 0 Å². The summed E-state index contributed by atoms with van der Waals surface area (Å²) in [5.74, 6) is -0.137. The van der Waals surface area contributed by atoms with E-state index in [1.54, 1.807) is 0 Å². The molecule has 2 N–H and O–H groups in total. The molecule has 1 aromatic rings. The number of hydrogen-bond acceptors (Lipinski definition) is 3. The first-order valence-corrected chi connectivity index (χ1v) is 9.94. The maximum Gasteiger partial charge on any atom is 0.214 e. The molecular weight excluding hydrogens is 295 g/mol. The number of nitrogens with zero attached hydrogens (tertiary/aromatic N) is 1. The normalized spacial score (nSPS) is 17.3. The highest BCUT2D eigenvalue weighted by molar-refractivity contribution is 6.53. The minimum atomic E-state index is -0.960. The number of hydrogen-bond donors (Lipinski definition) is 1. The van der Waals surface area contributed by atoms with Crippen molar-refractivity contribution in [3.05, 3.63) is 29.6 Å². The quantitative estimate of drug-likeness (QED) is 0.859. The molecule has 22 heavy (non-hydrogen) atoms. The summed E-state index contributed by atoms with van der Waals surface area (Å²) in [5, 5.41) is 0.155. The Balaban J connectivity index is 2.06. The van der Waals surface area contributed by atoms with Crippen LogP contribution in [0.1, 0.15) is 39.2 Å². The van der Waals surface area contributed by atoms with E-state index in [0.717, 1.165) is 25.9 Å². The van der Waals surface area contributed by atoms with Gasteiger partial charge in [-0.2, -0.15) is 0 Å². The van der Waals surface area contributed by atoms with E-state index in [0.29, 0.717) is 17.9 Å². The molecule has 1 saturated heterocycles. The molecule has 0 unspecified atom stereocenters. The van der Waals surface area contributed by atoms with Crippen LogP contribution in [-0.2, 0) is 11.0 Å². The Morgan fingerprint density at radius 2 is 1.95 bits per heavy atom. The number of nitrogens with two attached hydrogens (primary N) is 1. The third-order valence-corrected chi connectivity index (χ3v) is 7.13. The van der Waals surface area contributed by atoms with E-state index in [-0.39, 0.29) is 16.9 Å². The number of benzene rings is 1. The third kappa shape index (κ3) is 4.30. The van der Waals surface area contributed by atoms with Crippen molar-refractivity contribution in [2.24, 2.45) is 5.73 Å². The standard InChI is InChI=1S/C17H28FN2OSi/c1-17(2,3)22(4)21-12-13-6-5-7-15(16(13)18)20-10-8-14(19)9-11-20/h5-7,14H,8-12,19H2,1-4H3. The summed E-state index contributed by atoms with van der Waals surface area (Å²) in [6, 6.07) is 5.86. The van der Waals surface area contributed by atoms with Crippen LogP contribution in [0.4, 0.5) is 10.1 Å². The number of anilines is 1. The molecule has 3 nitrogen and oxygen atoms in total. The molecule has 0 bridgehead atoms. The van der Waals surface area contributed by atoms with Gasteiger partial charge in [0.1, 0.15) is 0 Å². The molecule has 0 atom stereocenters. The van der Waals surface area contributed by atoms with Crippen LogP contribution >= 0.6 is 0 Å². The molecule has 1 aliphatic rings. The summed E-state index contributed by atoms with van der Waals surface area (Å²) >= 11 is 0. The lowest BCUT2D eigenvalue weighted by molar-refractivity contribution is 0.288. The van der Waals surface area contributed by atoms with Gasteiger partial charge in [0.25, 0.3) is 0 Å². The van der Waals surface area contributed by atoms with Gasteiger partial charge in [-0.05, 0) is 30.5 Å². The van der Waals surface area contributed by atoms with Crippen LogP contribution in [0.25, 0.3) is 0 Å². The van der Waals surface area contributed by atoms with Crippen molar-refractivity contribution in [2.75, 3.05) is 18.0 Å². The highest BCUT2D eigenvalue weighted by Crippen LogP contribution is 2.29. The Kier molecular flexibility index (Phi) is 5.63. The number of rotatable bonds is 4. The molecule has 0 saturated carbocycles. The number of piperidine rings is 1. The molecule has 1 radical (unpaired) electrons. The van der Waals surface area contributed by atoms with Crippen LogP contribution in [-0.4, -0.2) is 28.2 Å². The van der Waals surface area contributed by atoms with Gasteiger partial charge in [0.05, 0.1) is 12.3 Å². The molecule has 5 heteroatoms. The first kappa shape index (κ1) is 17.4.